The number of ether oxygens (including phenoxy) is 1. The highest BCUT2D eigenvalue weighted by Gasteiger charge is 2.24. The highest BCUT2D eigenvalue weighted by Crippen LogP contribution is 2.22. The summed E-state index contributed by atoms with van der Waals surface area (Å²) in [4.78, 5) is 16.1. The van der Waals surface area contributed by atoms with Crippen molar-refractivity contribution in [1.29, 1.82) is 0 Å². The maximum Gasteiger partial charge on any atom is 0.363 e. The average Bonchev–Trinajstić information content (AvgIpc) is 2.80. The number of esters is 1. The Morgan fingerprint density at radius 3 is 2.71 bits per heavy atom. The SMILES string of the molecule is O=C1OC(c2cccc(Cl)c2)=N/C1=C\c1cccc(Br)c1. The number of nitrogens with zero attached hydrogens (tertiary/aromatic N) is 1. The molecule has 0 aromatic heterocycles. The van der Waals surface area contributed by atoms with E-state index in [1.54, 1.807) is 30.3 Å². The van der Waals surface area contributed by atoms with Crippen molar-refractivity contribution in [2.75, 3.05) is 0 Å². The third-order valence-electron chi connectivity index (χ3n) is 2.84. The van der Waals surface area contributed by atoms with E-state index in [4.69, 9.17) is 16.3 Å². The number of hydrogen-bond donors (Lipinski definition) is 0. The van der Waals surface area contributed by atoms with Crippen LogP contribution in [0.25, 0.3) is 6.08 Å². The van der Waals surface area contributed by atoms with Crippen LogP contribution in [-0.4, -0.2) is 11.9 Å². The summed E-state index contributed by atoms with van der Waals surface area (Å²) >= 11 is 9.32. The lowest BCUT2D eigenvalue weighted by atomic mass is 10.2. The Bertz CT molecular complexity index is 783. The summed E-state index contributed by atoms with van der Waals surface area (Å²) in [6, 6.07) is 14.6. The zero-order valence-corrected chi connectivity index (χ0v) is 13.1. The summed E-state index contributed by atoms with van der Waals surface area (Å²) in [6.07, 6.45) is 1.69. The van der Waals surface area contributed by atoms with Crippen LogP contribution in [0.4, 0.5) is 0 Å². The summed E-state index contributed by atoms with van der Waals surface area (Å²) in [7, 11) is 0. The second-order valence-electron chi connectivity index (χ2n) is 4.40. The molecule has 0 atom stereocenters. The zero-order valence-electron chi connectivity index (χ0n) is 10.7. The number of cyclic esters (lactones) is 1. The molecule has 0 radical (unpaired) electrons. The van der Waals surface area contributed by atoms with Crippen molar-refractivity contribution < 1.29 is 9.53 Å². The monoisotopic (exact) mass is 361 g/mol. The van der Waals surface area contributed by atoms with E-state index >= 15 is 0 Å². The van der Waals surface area contributed by atoms with Crippen LogP contribution in [0, 0.1) is 0 Å². The van der Waals surface area contributed by atoms with E-state index in [0.717, 1.165) is 10.0 Å². The van der Waals surface area contributed by atoms with Crippen LogP contribution in [0.1, 0.15) is 11.1 Å². The van der Waals surface area contributed by atoms with Crippen molar-refractivity contribution in [3.63, 3.8) is 0 Å². The molecular formula is C16H9BrClNO2. The first-order valence-corrected chi connectivity index (χ1v) is 7.33. The smallest absolute Gasteiger partial charge is 0.363 e. The van der Waals surface area contributed by atoms with E-state index in [1.807, 2.05) is 24.3 Å². The maximum atomic E-state index is 11.9. The number of halogens is 2. The van der Waals surface area contributed by atoms with Crippen molar-refractivity contribution in [3.8, 4) is 0 Å². The third-order valence-corrected chi connectivity index (χ3v) is 3.57. The Morgan fingerprint density at radius 2 is 1.95 bits per heavy atom. The minimum Gasteiger partial charge on any atom is -0.402 e. The predicted molar refractivity (Wildman–Crippen MR) is 86.2 cm³/mol. The van der Waals surface area contributed by atoms with Gasteiger partial charge in [-0.15, -0.1) is 0 Å². The molecule has 0 spiro atoms. The topological polar surface area (TPSA) is 38.7 Å². The average molecular weight is 363 g/mol. The van der Waals surface area contributed by atoms with Crippen LogP contribution in [0.5, 0.6) is 0 Å². The Hall–Kier alpha value is -1.91. The predicted octanol–water partition coefficient (Wildman–Crippen LogP) is 4.45. The van der Waals surface area contributed by atoms with E-state index in [-0.39, 0.29) is 11.6 Å². The summed E-state index contributed by atoms with van der Waals surface area (Å²) in [6.45, 7) is 0. The van der Waals surface area contributed by atoms with Gasteiger partial charge in [0.15, 0.2) is 5.70 Å². The lowest BCUT2D eigenvalue weighted by Gasteiger charge is -1.98. The molecule has 2 aromatic rings. The highest BCUT2D eigenvalue weighted by atomic mass is 79.9. The molecule has 0 bridgehead atoms. The fraction of sp³-hybridized carbons (Fsp3) is 0. The number of carbonyl (C=O) groups is 1. The molecule has 0 amide bonds. The molecule has 0 fully saturated rings. The van der Waals surface area contributed by atoms with E-state index in [1.165, 1.54) is 0 Å². The Balaban J connectivity index is 1.95. The second kappa shape index (κ2) is 5.84. The van der Waals surface area contributed by atoms with E-state index in [0.29, 0.717) is 10.6 Å². The van der Waals surface area contributed by atoms with Crippen LogP contribution in [0.2, 0.25) is 5.02 Å². The summed E-state index contributed by atoms with van der Waals surface area (Å²) in [5.74, 6) is -0.200. The van der Waals surface area contributed by atoms with Crippen molar-refractivity contribution >= 4 is 45.5 Å². The van der Waals surface area contributed by atoms with Crippen LogP contribution in [-0.2, 0) is 9.53 Å². The first kappa shape index (κ1) is 14.0. The molecule has 1 aliphatic rings. The van der Waals surface area contributed by atoms with Gasteiger partial charge in [-0.2, -0.15) is 0 Å². The quantitative estimate of drug-likeness (QED) is 0.585. The molecule has 21 heavy (non-hydrogen) atoms. The van der Waals surface area contributed by atoms with Gasteiger partial charge in [0, 0.05) is 15.1 Å². The number of rotatable bonds is 2. The molecule has 0 saturated heterocycles. The Morgan fingerprint density at radius 1 is 1.14 bits per heavy atom. The summed E-state index contributed by atoms with van der Waals surface area (Å²) < 4.78 is 6.12. The van der Waals surface area contributed by atoms with Gasteiger partial charge in [-0.1, -0.05) is 45.7 Å². The van der Waals surface area contributed by atoms with Gasteiger partial charge in [0.1, 0.15) is 0 Å². The van der Waals surface area contributed by atoms with E-state index in [9.17, 15) is 4.79 Å². The fourth-order valence-electron chi connectivity index (χ4n) is 1.91. The molecule has 5 heteroatoms. The van der Waals surface area contributed by atoms with Gasteiger partial charge in [0.05, 0.1) is 0 Å². The van der Waals surface area contributed by atoms with Gasteiger partial charge >= 0.3 is 5.97 Å². The molecule has 3 rings (SSSR count). The van der Waals surface area contributed by atoms with Crippen molar-refractivity contribution in [2.24, 2.45) is 4.99 Å². The minimum atomic E-state index is -0.468. The van der Waals surface area contributed by atoms with Crippen LogP contribution < -0.4 is 0 Å². The van der Waals surface area contributed by atoms with Gasteiger partial charge in [0.25, 0.3) is 0 Å². The van der Waals surface area contributed by atoms with Gasteiger partial charge in [0.2, 0.25) is 5.90 Å². The standard InChI is InChI=1S/C16H9BrClNO2/c17-12-5-1-3-10(7-12)8-14-16(20)21-15(19-14)11-4-2-6-13(18)9-11/h1-9H/b14-8-. The molecular weight excluding hydrogens is 354 g/mol. The fourth-order valence-corrected chi connectivity index (χ4v) is 2.52. The zero-order chi connectivity index (χ0) is 14.8. The van der Waals surface area contributed by atoms with Crippen LogP contribution in [0.15, 0.2) is 63.7 Å². The first-order valence-electron chi connectivity index (χ1n) is 6.16. The molecule has 1 heterocycles. The first-order chi connectivity index (χ1) is 10.1. The van der Waals surface area contributed by atoms with Crippen molar-refractivity contribution in [1.82, 2.24) is 0 Å². The lowest BCUT2D eigenvalue weighted by molar-refractivity contribution is -0.129. The number of carbonyl (C=O) groups excluding carboxylic acids is 1. The highest BCUT2D eigenvalue weighted by molar-refractivity contribution is 9.10. The van der Waals surface area contributed by atoms with E-state index in [2.05, 4.69) is 20.9 Å². The summed E-state index contributed by atoms with van der Waals surface area (Å²) in [5, 5.41) is 0.565. The molecule has 104 valence electrons. The van der Waals surface area contributed by atoms with Gasteiger partial charge in [-0.25, -0.2) is 9.79 Å². The maximum absolute atomic E-state index is 11.9. The molecule has 0 saturated carbocycles. The molecule has 0 unspecified atom stereocenters. The van der Waals surface area contributed by atoms with Gasteiger partial charge < -0.3 is 4.74 Å². The molecule has 0 aliphatic carbocycles. The number of hydrogen-bond acceptors (Lipinski definition) is 3. The normalized spacial score (nSPS) is 16.0. The number of aliphatic imine (C=N–C) groups is 1. The largest absolute Gasteiger partial charge is 0.402 e. The van der Waals surface area contributed by atoms with Gasteiger partial charge in [-0.3, -0.25) is 0 Å². The van der Waals surface area contributed by atoms with Crippen molar-refractivity contribution in [3.05, 3.63) is 74.9 Å². The lowest BCUT2D eigenvalue weighted by Crippen LogP contribution is -2.05. The Kier molecular flexibility index (Phi) is 3.90. The van der Waals surface area contributed by atoms with Crippen LogP contribution >= 0.6 is 27.5 Å². The molecule has 1 aliphatic heterocycles. The second-order valence-corrected chi connectivity index (χ2v) is 5.75. The molecule has 0 N–H and O–H groups in total. The third kappa shape index (κ3) is 3.23. The minimum absolute atomic E-state index is 0.267. The Labute approximate surface area is 135 Å². The van der Waals surface area contributed by atoms with E-state index < -0.39 is 5.97 Å². The van der Waals surface area contributed by atoms with Gasteiger partial charge in [-0.05, 0) is 42.0 Å². The van der Waals surface area contributed by atoms with Crippen molar-refractivity contribution in [2.45, 2.75) is 0 Å². The summed E-state index contributed by atoms with van der Waals surface area (Å²) in [5.41, 5.74) is 1.81. The van der Waals surface area contributed by atoms with Crippen LogP contribution in [0.3, 0.4) is 0 Å². The number of benzene rings is 2. The molecule has 3 nitrogen and oxygen atoms in total. The molecule has 2 aromatic carbocycles.